The second-order valence-corrected chi connectivity index (χ2v) is 8.14. The fourth-order valence-corrected chi connectivity index (χ4v) is 4.69. The summed E-state index contributed by atoms with van der Waals surface area (Å²) in [5.74, 6) is 0.843. The monoisotopic (exact) mass is 412 g/mol. The maximum absolute atomic E-state index is 12.7. The highest BCUT2D eigenvalue weighted by Gasteiger charge is 2.35. The van der Waals surface area contributed by atoms with E-state index in [0.717, 1.165) is 19.4 Å². The number of nitrogens with one attached hydrogen (secondary N) is 2. The fourth-order valence-electron chi connectivity index (χ4n) is 3.03. The molecule has 1 aromatic carbocycles. The minimum Gasteiger partial charge on any atom is -0.486 e. The standard InChI is InChI=1S/C15H21ClN2O5S.ClH/c1-21-10-15(3-2-4-17-15)9-18-24(19,20)14-8-13-12(7-11(14)16)22-5-6-23-13;/h7-8,17-18H,2-6,9-10H2,1H3;1H. The molecule has 1 aromatic rings. The second kappa shape index (κ2) is 8.28. The van der Waals surface area contributed by atoms with Crippen molar-refractivity contribution in [3.8, 4) is 11.5 Å². The Bertz CT molecular complexity index is 708. The van der Waals surface area contributed by atoms with Gasteiger partial charge in [0.1, 0.15) is 18.1 Å². The van der Waals surface area contributed by atoms with Gasteiger partial charge in [0.05, 0.1) is 17.2 Å². The summed E-state index contributed by atoms with van der Waals surface area (Å²) in [6, 6.07) is 2.88. The van der Waals surface area contributed by atoms with Crippen molar-refractivity contribution in [1.82, 2.24) is 10.0 Å². The first-order chi connectivity index (χ1) is 11.5. The van der Waals surface area contributed by atoms with E-state index in [1.165, 1.54) is 12.1 Å². The molecule has 0 aromatic heterocycles. The molecule has 0 bridgehead atoms. The van der Waals surface area contributed by atoms with Crippen LogP contribution in [0.25, 0.3) is 0 Å². The van der Waals surface area contributed by atoms with Crippen LogP contribution in [-0.4, -0.2) is 54.0 Å². The van der Waals surface area contributed by atoms with Gasteiger partial charge in [-0.3, -0.25) is 0 Å². The molecule has 1 atom stereocenters. The highest BCUT2D eigenvalue weighted by atomic mass is 35.5. The first-order valence-electron chi connectivity index (χ1n) is 7.79. The van der Waals surface area contributed by atoms with E-state index in [9.17, 15) is 8.42 Å². The molecule has 10 heteroatoms. The molecule has 7 nitrogen and oxygen atoms in total. The van der Waals surface area contributed by atoms with Gasteiger partial charge in [0, 0.05) is 25.8 Å². The summed E-state index contributed by atoms with van der Waals surface area (Å²) in [5.41, 5.74) is -0.387. The summed E-state index contributed by atoms with van der Waals surface area (Å²) in [4.78, 5) is -0.0148. The van der Waals surface area contributed by atoms with Gasteiger partial charge in [0.25, 0.3) is 0 Å². The molecule has 1 fully saturated rings. The molecule has 1 unspecified atom stereocenters. The maximum atomic E-state index is 12.7. The van der Waals surface area contributed by atoms with Crippen molar-refractivity contribution in [1.29, 1.82) is 0 Å². The smallest absolute Gasteiger partial charge is 0.242 e. The molecule has 0 radical (unpaired) electrons. The van der Waals surface area contributed by atoms with Crippen molar-refractivity contribution < 1.29 is 22.6 Å². The molecule has 0 amide bonds. The molecule has 2 aliphatic rings. The summed E-state index contributed by atoms with van der Waals surface area (Å²) in [5, 5.41) is 3.43. The highest BCUT2D eigenvalue weighted by Crippen LogP contribution is 2.37. The Morgan fingerprint density at radius 3 is 2.60 bits per heavy atom. The van der Waals surface area contributed by atoms with Crippen LogP contribution in [0.3, 0.4) is 0 Å². The van der Waals surface area contributed by atoms with Crippen molar-refractivity contribution in [3.63, 3.8) is 0 Å². The summed E-state index contributed by atoms with van der Waals surface area (Å²) in [6.07, 6.45) is 1.83. The zero-order valence-corrected chi connectivity index (χ0v) is 16.2. The number of benzene rings is 1. The Morgan fingerprint density at radius 2 is 2.00 bits per heavy atom. The van der Waals surface area contributed by atoms with Crippen LogP contribution in [-0.2, 0) is 14.8 Å². The molecule has 0 aliphatic carbocycles. The van der Waals surface area contributed by atoms with Gasteiger partial charge in [-0.25, -0.2) is 13.1 Å². The van der Waals surface area contributed by atoms with Gasteiger partial charge in [0.2, 0.25) is 10.0 Å². The van der Waals surface area contributed by atoms with Crippen LogP contribution < -0.4 is 19.5 Å². The quantitative estimate of drug-likeness (QED) is 0.737. The number of ether oxygens (including phenoxy) is 3. The number of halogens is 2. The third-order valence-corrected chi connectivity index (χ3v) is 6.11. The lowest BCUT2D eigenvalue weighted by Gasteiger charge is -2.29. The molecule has 25 heavy (non-hydrogen) atoms. The van der Waals surface area contributed by atoms with Crippen LogP contribution in [0.15, 0.2) is 17.0 Å². The normalized spacial score (nSPS) is 22.5. The van der Waals surface area contributed by atoms with Crippen LogP contribution in [0.2, 0.25) is 5.02 Å². The Hall–Kier alpha value is -0.770. The average molecular weight is 413 g/mol. The maximum Gasteiger partial charge on any atom is 0.242 e. The number of methoxy groups -OCH3 is 1. The molecular weight excluding hydrogens is 391 g/mol. The largest absolute Gasteiger partial charge is 0.486 e. The lowest BCUT2D eigenvalue weighted by Crippen LogP contribution is -2.52. The number of hydrogen-bond donors (Lipinski definition) is 2. The average Bonchev–Trinajstić information content (AvgIpc) is 3.02. The Kier molecular flexibility index (Phi) is 6.80. The molecule has 2 N–H and O–H groups in total. The fraction of sp³-hybridized carbons (Fsp3) is 0.600. The van der Waals surface area contributed by atoms with Gasteiger partial charge < -0.3 is 19.5 Å². The van der Waals surface area contributed by atoms with Crippen molar-refractivity contribution in [2.24, 2.45) is 0 Å². The van der Waals surface area contributed by atoms with Crippen molar-refractivity contribution in [2.75, 3.05) is 40.0 Å². The molecule has 0 spiro atoms. The van der Waals surface area contributed by atoms with Crippen LogP contribution in [0.5, 0.6) is 11.5 Å². The van der Waals surface area contributed by atoms with E-state index in [1.54, 1.807) is 7.11 Å². The summed E-state index contributed by atoms with van der Waals surface area (Å²) >= 11 is 6.14. The van der Waals surface area contributed by atoms with Crippen LogP contribution >= 0.6 is 24.0 Å². The molecule has 2 aliphatic heterocycles. The van der Waals surface area contributed by atoms with E-state index in [1.807, 2.05) is 0 Å². The van der Waals surface area contributed by atoms with E-state index in [2.05, 4.69) is 10.0 Å². The zero-order chi connectivity index (χ0) is 17.2. The van der Waals surface area contributed by atoms with Gasteiger partial charge in [0.15, 0.2) is 11.5 Å². The molecule has 0 saturated carbocycles. The first kappa shape index (κ1) is 20.5. The van der Waals surface area contributed by atoms with Crippen molar-refractivity contribution in [3.05, 3.63) is 17.2 Å². The number of fused-ring (bicyclic) bond motifs is 1. The Morgan fingerprint density at radius 1 is 1.32 bits per heavy atom. The van der Waals surface area contributed by atoms with E-state index >= 15 is 0 Å². The highest BCUT2D eigenvalue weighted by molar-refractivity contribution is 7.89. The predicted octanol–water partition coefficient (Wildman–Crippen LogP) is 1.58. The SMILES string of the molecule is COCC1(CNS(=O)(=O)c2cc3c(cc2Cl)OCCO3)CCCN1.Cl. The Balaban J connectivity index is 0.00000225. The molecule has 142 valence electrons. The van der Waals surface area contributed by atoms with Gasteiger partial charge in [-0.15, -0.1) is 12.4 Å². The first-order valence-corrected chi connectivity index (χ1v) is 9.65. The summed E-state index contributed by atoms with van der Waals surface area (Å²) in [7, 11) is -2.18. The molecule has 3 rings (SSSR count). The molecule has 2 heterocycles. The topological polar surface area (TPSA) is 85.9 Å². The van der Waals surface area contributed by atoms with Gasteiger partial charge >= 0.3 is 0 Å². The predicted molar refractivity (Wildman–Crippen MR) is 96.7 cm³/mol. The van der Waals surface area contributed by atoms with Crippen LogP contribution in [0.4, 0.5) is 0 Å². The summed E-state index contributed by atoms with van der Waals surface area (Å²) in [6.45, 7) is 2.30. The van der Waals surface area contributed by atoms with E-state index in [-0.39, 0.29) is 34.4 Å². The number of rotatable bonds is 6. The number of sulfonamides is 1. The minimum atomic E-state index is -3.78. The third kappa shape index (κ3) is 4.50. The minimum absolute atomic E-state index is 0. The summed E-state index contributed by atoms with van der Waals surface area (Å²) < 4.78 is 44.1. The van der Waals surface area contributed by atoms with Crippen LogP contribution in [0, 0.1) is 0 Å². The van der Waals surface area contributed by atoms with E-state index < -0.39 is 10.0 Å². The van der Waals surface area contributed by atoms with E-state index in [0.29, 0.717) is 31.3 Å². The van der Waals surface area contributed by atoms with E-state index in [4.69, 9.17) is 25.8 Å². The van der Waals surface area contributed by atoms with Gasteiger partial charge in [-0.05, 0) is 19.4 Å². The Labute approximate surface area is 158 Å². The van der Waals surface area contributed by atoms with Crippen molar-refractivity contribution >= 4 is 34.0 Å². The van der Waals surface area contributed by atoms with Gasteiger partial charge in [-0.1, -0.05) is 11.6 Å². The third-order valence-electron chi connectivity index (χ3n) is 4.24. The lowest BCUT2D eigenvalue weighted by molar-refractivity contribution is 0.122. The lowest BCUT2D eigenvalue weighted by atomic mass is 9.99. The zero-order valence-electron chi connectivity index (χ0n) is 13.8. The number of hydrogen-bond acceptors (Lipinski definition) is 6. The second-order valence-electron chi connectivity index (χ2n) is 5.99. The molecule has 1 saturated heterocycles. The molecular formula is C15H22Cl2N2O5S. The van der Waals surface area contributed by atoms with Crippen LogP contribution in [0.1, 0.15) is 12.8 Å². The van der Waals surface area contributed by atoms with Gasteiger partial charge in [-0.2, -0.15) is 0 Å². The van der Waals surface area contributed by atoms with Crippen molar-refractivity contribution in [2.45, 2.75) is 23.3 Å².